The van der Waals surface area contributed by atoms with Gasteiger partial charge < -0.3 is 20.1 Å². The molecule has 19 heavy (non-hydrogen) atoms. The normalized spacial score (nSPS) is 18.1. The maximum Gasteiger partial charge on any atom is 0.225 e. The Hall–Kier alpha value is -1.75. The van der Waals surface area contributed by atoms with Crippen LogP contribution in [0.15, 0.2) is 18.2 Å². The van der Waals surface area contributed by atoms with Crippen LogP contribution in [-0.2, 0) is 4.79 Å². The van der Waals surface area contributed by atoms with E-state index in [9.17, 15) is 4.79 Å². The van der Waals surface area contributed by atoms with Crippen LogP contribution in [0.4, 0.5) is 5.69 Å². The summed E-state index contributed by atoms with van der Waals surface area (Å²) in [5, 5.41) is 6.19. The van der Waals surface area contributed by atoms with Crippen LogP contribution in [0.5, 0.6) is 11.5 Å². The zero-order chi connectivity index (χ0) is 13.7. The van der Waals surface area contributed by atoms with E-state index < -0.39 is 0 Å². The van der Waals surface area contributed by atoms with Gasteiger partial charge in [0.05, 0.1) is 14.2 Å². The molecule has 1 aromatic rings. The monoisotopic (exact) mass is 264 g/mol. The third-order valence-corrected chi connectivity index (χ3v) is 3.26. The number of carbonyl (C=O) groups is 1. The van der Waals surface area contributed by atoms with E-state index in [1.54, 1.807) is 32.4 Å². The zero-order valence-electron chi connectivity index (χ0n) is 11.4. The second kappa shape index (κ2) is 6.43. The first-order valence-electron chi connectivity index (χ1n) is 6.48. The van der Waals surface area contributed by atoms with E-state index in [0.717, 1.165) is 25.1 Å². The van der Waals surface area contributed by atoms with Gasteiger partial charge in [-0.3, -0.25) is 4.79 Å². The lowest BCUT2D eigenvalue weighted by molar-refractivity contribution is -0.116. The van der Waals surface area contributed by atoms with Crippen molar-refractivity contribution < 1.29 is 14.3 Å². The van der Waals surface area contributed by atoms with E-state index in [1.807, 2.05) is 0 Å². The Bertz CT molecular complexity index is 442. The van der Waals surface area contributed by atoms with Crippen molar-refractivity contribution in [3.63, 3.8) is 0 Å². The van der Waals surface area contributed by atoms with Crippen molar-refractivity contribution in [2.45, 2.75) is 25.3 Å². The molecule has 1 atom stereocenters. The molecule has 1 fully saturated rings. The number of hydrogen-bond donors (Lipinski definition) is 2. The number of anilines is 1. The van der Waals surface area contributed by atoms with E-state index in [2.05, 4.69) is 10.6 Å². The molecule has 0 saturated carbocycles. The highest BCUT2D eigenvalue weighted by molar-refractivity contribution is 5.91. The molecule has 1 amide bonds. The first-order valence-corrected chi connectivity index (χ1v) is 6.48. The summed E-state index contributed by atoms with van der Waals surface area (Å²) in [6.07, 6.45) is 2.72. The van der Waals surface area contributed by atoms with E-state index in [1.165, 1.54) is 0 Å². The van der Waals surface area contributed by atoms with E-state index >= 15 is 0 Å². The number of nitrogens with one attached hydrogen (secondary N) is 2. The molecule has 1 aromatic carbocycles. The molecular weight excluding hydrogens is 244 g/mol. The minimum atomic E-state index is 0.0200. The Balaban J connectivity index is 1.96. The maximum absolute atomic E-state index is 11.9. The molecule has 5 nitrogen and oxygen atoms in total. The number of methoxy groups -OCH3 is 2. The molecule has 0 bridgehead atoms. The van der Waals surface area contributed by atoms with Gasteiger partial charge in [0.15, 0.2) is 11.5 Å². The molecule has 1 aliphatic rings. The lowest BCUT2D eigenvalue weighted by Crippen LogP contribution is -2.27. The van der Waals surface area contributed by atoms with Crippen LogP contribution < -0.4 is 20.1 Å². The molecule has 2 rings (SSSR count). The highest BCUT2D eigenvalue weighted by Gasteiger charge is 2.17. The molecule has 1 unspecified atom stereocenters. The number of rotatable bonds is 5. The van der Waals surface area contributed by atoms with Gasteiger partial charge in [-0.2, -0.15) is 0 Å². The van der Waals surface area contributed by atoms with Crippen molar-refractivity contribution in [2.24, 2.45) is 0 Å². The fourth-order valence-electron chi connectivity index (χ4n) is 2.28. The van der Waals surface area contributed by atoms with Gasteiger partial charge in [0.1, 0.15) is 0 Å². The first-order chi connectivity index (χ1) is 9.22. The third-order valence-electron chi connectivity index (χ3n) is 3.26. The van der Waals surface area contributed by atoms with Crippen molar-refractivity contribution in [2.75, 3.05) is 26.1 Å². The maximum atomic E-state index is 11.9. The average molecular weight is 264 g/mol. The molecule has 2 N–H and O–H groups in total. The Labute approximate surface area is 113 Å². The lowest BCUT2D eigenvalue weighted by Gasteiger charge is -2.12. The molecular formula is C14H20N2O3. The van der Waals surface area contributed by atoms with Gasteiger partial charge >= 0.3 is 0 Å². The smallest absolute Gasteiger partial charge is 0.225 e. The molecule has 1 saturated heterocycles. The van der Waals surface area contributed by atoms with Crippen molar-refractivity contribution in [1.29, 1.82) is 0 Å². The topological polar surface area (TPSA) is 59.6 Å². The standard InChI is InChI=1S/C14H20N2O3/c1-18-12-6-5-11(8-13(12)19-2)16-14(17)9-10-4-3-7-15-10/h5-6,8,10,15H,3-4,7,9H2,1-2H3,(H,16,17). The summed E-state index contributed by atoms with van der Waals surface area (Å²) in [6.45, 7) is 1.01. The fraction of sp³-hybridized carbons (Fsp3) is 0.500. The average Bonchev–Trinajstić information content (AvgIpc) is 2.91. The van der Waals surface area contributed by atoms with Crippen LogP contribution >= 0.6 is 0 Å². The van der Waals surface area contributed by atoms with E-state index in [-0.39, 0.29) is 5.91 Å². The Kier molecular flexibility index (Phi) is 4.63. The number of carbonyl (C=O) groups excluding carboxylic acids is 1. The molecule has 0 spiro atoms. The summed E-state index contributed by atoms with van der Waals surface area (Å²) in [6, 6.07) is 5.66. The predicted octanol–water partition coefficient (Wildman–Crippen LogP) is 1.78. The summed E-state index contributed by atoms with van der Waals surface area (Å²) in [4.78, 5) is 11.9. The SMILES string of the molecule is COc1ccc(NC(=O)CC2CCCN2)cc1OC. The van der Waals surface area contributed by atoms with Crippen LogP contribution in [0.3, 0.4) is 0 Å². The molecule has 1 aliphatic heterocycles. The highest BCUT2D eigenvalue weighted by atomic mass is 16.5. The highest BCUT2D eigenvalue weighted by Crippen LogP contribution is 2.29. The summed E-state index contributed by atoms with van der Waals surface area (Å²) >= 11 is 0. The van der Waals surface area contributed by atoms with Crippen LogP contribution in [0, 0.1) is 0 Å². The van der Waals surface area contributed by atoms with E-state index in [0.29, 0.717) is 24.0 Å². The fourth-order valence-corrected chi connectivity index (χ4v) is 2.28. The molecule has 5 heteroatoms. The van der Waals surface area contributed by atoms with Crippen LogP contribution in [-0.4, -0.2) is 32.7 Å². The number of benzene rings is 1. The second-order valence-electron chi connectivity index (χ2n) is 4.62. The molecule has 1 heterocycles. The summed E-state index contributed by atoms with van der Waals surface area (Å²) in [5.74, 6) is 1.28. The molecule has 104 valence electrons. The van der Waals surface area contributed by atoms with Crippen molar-refractivity contribution in [3.05, 3.63) is 18.2 Å². The van der Waals surface area contributed by atoms with Gasteiger partial charge in [-0.15, -0.1) is 0 Å². The molecule has 0 radical (unpaired) electrons. The summed E-state index contributed by atoms with van der Waals surface area (Å²) in [5.41, 5.74) is 0.723. The van der Waals surface area contributed by atoms with E-state index in [4.69, 9.17) is 9.47 Å². The van der Waals surface area contributed by atoms with Crippen molar-refractivity contribution in [3.8, 4) is 11.5 Å². The predicted molar refractivity (Wildman–Crippen MR) is 73.8 cm³/mol. The largest absolute Gasteiger partial charge is 0.493 e. The second-order valence-corrected chi connectivity index (χ2v) is 4.62. The van der Waals surface area contributed by atoms with Crippen LogP contribution in [0.25, 0.3) is 0 Å². The minimum Gasteiger partial charge on any atom is -0.493 e. The van der Waals surface area contributed by atoms with Gasteiger partial charge in [0.25, 0.3) is 0 Å². The number of amides is 1. The number of hydrogen-bond acceptors (Lipinski definition) is 4. The van der Waals surface area contributed by atoms with Gasteiger partial charge in [-0.05, 0) is 31.5 Å². The molecule has 0 aliphatic carbocycles. The van der Waals surface area contributed by atoms with Crippen molar-refractivity contribution >= 4 is 11.6 Å². The molecule has 0 aromatic heterocycles. The Morgan fingerprint density at radius 1 is 1.37 bits per heavy atom. The Morgan fingerprint density at radius 2 is 2.16 bits per heavy atom. The van der Waals surface area contributed by atoms with Crippen molar-refractivity contribution in [1.82, 2.24) is 5.32 Å². The Morgan fingerprint density at radius 3 is 2.79 bits per heavy atom. The van der Waals surface area contributed by atoms with Gasteiger partial charge in [-0.1, -0.05) is 0 Å². The van der Waals surface area contributed by atoms with Crippen LogP contribution in [0.1, 0.15) is 19.3 Å². The lowest BCUT2D eigenvalue weighted by atomic mass is 10.1. The summed E-state index contributed by atoms with van der Waals surface area (Å²) in [7, 11) is 3.16. The van der Waals surface area contributed by atoms with Gasteiger partial charge in [0.2, 0.25) is 5.91 Å². The van der Waals surface area contributed by atoms with Gasteiger partial charge in [-0.25, -0.2) is 0 Å². The van der Waals surface area contributed by atoms with Gasteiger partial charge in [0, 0.05) is 24.2 Å². The van der Waals surface area contributed by atoms with Crippen LogP contribution in [0.2, 0.25) is 0 Å². The zero-order valence-corrected chi connectivity index (χ0v) is 11.4. The number of ether oxygens (including phenoxy) is 2. The minimum absolute atomic E-state index is 0.0200. The summed E-state index contributed by atoms with van der Waals surface area (Å²) < 4.78 is 10.4. The quantitative estimate of drug-likeness (QED) is 0.851. The third kappa shape index (κ3) is 3.61. The first kappa shape index (κ1) is 13.7.